The van der Waals surface area contributed by atoms with E-state index in [2.05, 4.69) is 4.74 Å². The second-order valence-corrected chi connectivity index (χ2v) is 4.94. The predicted molar refractivity (Wildman–Crippen MR) is 63.0 cm³/mol. The van der Waals surface area contributed by atoms with Crippen LogP contribution in [-0.2, 0) is 9.53 Å². The molecule has 0 radical (unpaired) electrons. The van der Waals surface area contributed by atoms with Gasteiger partial charge < -0.3 is 4.74 Å². The van der Waals surface area contributed by atoms with Gasteiger partial charge in [0.2, 0.25) is 0 Å². The molecule has 0 N–H and O–H groups in total. The summed E-state index contributed by atoms with van der Waals surface area (Å²) in [6.07, 6.45) is 1.63. The van der Waals surface area contributed by atoms with Gasteiger partial charge in [0.15, 0.2) is 11.6 Å². The monoisotopic (exact) mass is 254 g/mol. The Hall–Kier alpha value is -1.45. The van der Waals surface area contributed by atoms with E-state index in [1.165, 1.54) is 13.2 Å². The molecule has 0 bridgehead atoms. The van der Waals surface area contributed by atoms with Gasteiger partial charge in [-0.1, -0.05) is 13.0 Å². The number of hydrogen-bond donors (Lipinski definition) is 0. The van der Waals surface area contributed by atoms with Crippen LogP contribution in [0.2, 0.25) is 0 Å². The molecule has 18 heavy (non-hydrogen) atoms. The molecule has 4 heteroatoms. The molecule has 0 saturated heterocycles. The second kappa shape index (κ2) is 5.04. The summed E-state index contributed by atoms with van der Waals surface area (Å²) in [5.74, 6) is -1.41. The Morgan fingerprint density at radius 3 is 2.78 bits per heavy atom. The van der Waals surface area contributed by atoms with Crippen molar-refractivity contribution in [2.75, 3.05) is 7.11 Å². The minimum Gasteiger partial charge on any atom is -0.469 e. The normalized spacial score (nSPS) is 23.6. The predicted octanol–water partition coefficient (Wildman–Crippen LogP) is 3.27. The average Bonchev–Trinajstić information content (AvgIpc) is 3.10. The van der Waals surface area contributed by atoms with Crippen LogP contribution < -0.4 is 0 Å². The van der Waals surface area contributed by atoms with E-state index in [0.717, 1.165) is 24.5 Å². The van der Waals surface area contributed by atoms with E-state index in [-0.39, 0.29) is 17.8 Å². The molecule has 0 aliphatic heterocycles. The van der Waals surface area contributed by atoms with Crippen LogP contribution >= 0.6 is 0 Å². The molecule has 1 aromatic rings. The zero-order valence-corrected chi connectivity index (χ0v) is 10.5. The number of benzene rings is 1. The molecular weight excluding hydrogens is 238 g/mol. The Bertz CT molecular complexity index is 459. The fourth-order valence-electron chi connectivity index (χ4n) is 2.36. The van der Waals surface area contributed by atoms with Gasteiger partial charge in [-0.25, -0.2) is 8.78 Å². The third-order valence-corrected chi connectivity index (χ3v) is 3.60. The van der Waals surface area contributed by atoms with Gasteiger partial charge in [-0.05, 0) is 42.4 Å². The fraction of sp³-hybridized carbons (Fsp3) is 0.500. The second-order valence-electron chi connectivity index (χ2n) is 4.94. The maximum atomic E-state index is 13.1. The van der Waals surface area contributed by atoms with Crippen molar-refractivity contribution in [2.24, 2.45) is 11.8 Å². The lowest BCUT2D eigenvalue weighted by Crippen LogP contribution is -2.06. The summed E-state index contributed by atoms with van der Waals surface area (Å²) < 4.78 is 30.6. The zero-order chi connectivity index (χ0) is 13.3. The van der Waals surface area contributed by atoms with Crippen LogP contribution in [0, 0.1) is 23.5 Å². The van der Waals surface area contributed by atoms with Crippen molar-refractivity contribution in [1.82, 2.24) is 0 Å². The molecule has 2 nitrogen and oxygen atoms in total. The number of carbonyl (C=O) groups is 1. The average molecular weight is 254 g/mol. The number of carbonyl (C=O) groups excluding carboxylic acids is 1. The Kier molecular flexibility index (Phi) is 3.64. The highest BCUT2D eigenvalue weighted by Gasteiger charge is 2.44. The minimum absolute atomic E-state index is 0.0113. The fourth-order valence-corrected chi connectivity index (χ4v) is 2.36. The van der Waals surface area contributed by atoms with Crippen molar-refractivity contribution in [3.8, 4) is 0 Å². The summed E-state index contributed by atoms with van der Waals surface area (Å²) in [6.45, 7) is 1.96. The third kappa shape index (κ3) is 2.68. The lowest BCUT2D eigenvalue weighted by Gasteiger charge is -2.11. The van der Waals surface area contributed by atoms with Crippen LogP contribution in [0.3, 0.4) is 0 Å². The van der Waals surface area contributed by atoms with Gasteiger partial charge in [-0.15, -0.1) is 0 Å². The molecule has 0 heterocycles. The maximum absolute atomic E-state index is 13.1. The van der Waals surface area contributed by atoms with E-state index in [4.69, 9.17) is 0 Å². The SMILES string of the molecule is COC(=O)C1CC1CC(C)c1ccc(F)c(F)c1. The highest BCUT2D eigenvalue weighted by molar-refractivity contribution is 5.75. The van der Waals surface area contributed by atoms with Crippen LogP contribution in [0.15, 0.2) is 18.2 Å². The van der Waals surface area contributed by atoms with Gasteiger partial charge in [0.05, 0.1) is 13.0 Å². The van der Waals surface area contributed by atoms with E-state index in [1.54, 1.807) is 6.07 Å². The summed E-state index contributed by atoms with van der Waals surface area (Å²) in [4.78, 5) is 11.3. The van der Waals surface area contributed by atoms with Crippen molar-refractivity contribution in [1.29, 1.82) is 0 Å². The first-order valence-corrected chi connectivity index (χ1v) is 6.05. The summed E-state index contributed by atoms with van der Waals surface area (Å²) in [5.41, 5.74) is 0.768. The van der Waals surface area contributed by atoms with Gasteiger partial charge in [0, 0.05) is 0 Å². The van der Waals surface area contributed by atoms with Crippen molar-refractivity contribution in [2.45, 2.75) is 25.7 Å². The first kappa shape index (κ1) is 13.0. The van der Waals surface area contributed by atoms with Gasteiger partial charge in [-0.3, -0.25) is 4.79 Å². The topological polar surface area (TPSA) is 26.3 Å². The van der Waals surface area contributed by atoms with Crippen LogP contribution in [0.4, 0.5) is 8.78 Å². The molecule has 2 rings (SSSR count). The maximum Gasteiger partial charge on any atom is 0.308 e. The molecule has 0 amide bonds. The van der Waals surface area contributed by atoms with Crippen molar-refractivity contribution in [3.05, 3.63) is 35.4 Å². The summed E-state index contributed by atoms with van der Waals surface area (Å²) >= 11 is 0. The number of halogens is 2. The lowest BCUT2D eigenvalue weighted by molar-refractivity contribution is -0.142. The zero-order valence-electron chi connectivity index (χ0n) is 10.5. The molecule has 1 fully saturated rings. The molecule has 1 aliphatic rings. The van der Waals surface area contributed by atoms with Gasteiger partial charge in [0.25, 0.3) is 0 Å². The van der Waals surface area contributed by atoms with E-state index < -0.39 is 11.6 Å². The largest absolute Gasteiger partial charge is 0.469 e. The number of ether oxygens (including phenoxy) is 1. The third-order valence-electron chi connectivity index (χ3n) is 3.60. The summed E-state index contributed by atoms with van der Waals surface area (Å²) in [7, 11) is 1.39. The van der Waals surface area contributed by atoms with Crippen LogP contribution in [-0.4, -0.2) is 13.1 Å². The van der Waals surface area contributed by atoms with E-state index >= 15 is 0 Å². The molecule has 98 valence electrons. The number of rotatable bonds is 4. The molecule has 3 unspecified atom stereocenters. The van der Waals surface area contributed by atoms with Gasteiger partial charge in [0.1, 0.15) is 0 Å². The van der Waals surface area contributed by atoms with Gasteiger partial charge >= 0.3 is 5.97 Å². The van der Waals surface area contributed by atoms with Crippen molar-refractivity contribution >= 4 is 5.97 Å². The Morgan fingerprint density at radius 2 is 2.17 bits per heavy atom. The van der Waals surface area contributed by atoms with Gasteiger partial charge in [-0.2, -0.15) is 0 Å². The number of hydrogen-bond acceptors (Lipinski definition) is 2. The van der Waals surface area contributed by atoms with Crippen molar-refractivity contribution < 1.29 is 18.3 Å². The van der Waals surface area contributed by atoms with E-state index in [9.17, 15) is 13.6 Å². The highest BCUT2D eigenvalue weighted by atomic mass is 19.2. The summed E-state index contributed by atoms with van der Waals surface area (Å²) in [6, 6.07) is 3.97. The number of esters is 1. The highest BCUT2D eigenvalue weighted by Crippen LogP contribution is 2.45. The molecule has 3 atom stereocenters. The van der Waals surface area contributed by atoms with Crippen molar-refractivity contribution in [3.63, 3.8) is 0 Å². The summed E-state index contributed by atoms with van der Waals surface area (Å²) in [5, 5.41) is 0. The van der Waals surface area contributed by atoms with Crippen LogP contribution in [0.5, 0.6) is 0 Å². The van der Waals surface area contributed by atoms with Crippen LogP contribution in [0.1, 0.15) is 31.2 Å². The smallest absolute Gasteiger partial charge is 0.308 e. The van der Waals surface area contributed by atoms with Crippen LogP contribution in [0.25, 0.3) is 0 Å². The van der Waals surface area contributed by atoms with E-state index in [1.807, 2.05) is 6.92 Å². The molecule has 0 spiro atoms. The Balaban J connectivity index is 1.95. The minimum atomic E-state index is -0.829. The molecule has 1 aromatic carbocycles. The molecular formula is C14H16F2O2. The molecule has 1 saturated carbocycles. The van der Waals surface area contributed by atoms with E-state index in [0.29, 0.717) is 5.92 Å². The molecule has 0 aromatic heterocycles. The number of methoxy groups -OCH3 is 1. The Morgan fingerprint density at radius 1 is 1.44 bits per heavy atom. The quantitative estimate of drug-likeness (QED) is 0.771. The first-order chi connectivity index (χ1) is 8.52. The molecule has 1 aliphatic carbocycles. The standard InChI is InChI=1S/C14H16F2O2/c1-8(5-10-6-11(10)14(17)18-2)9-3-4-12(15)13(16)7-9/h3-4,7-8,10-11H,5-6H2,1-2H3. The Labute approximate surface area is 105 Å². The lowest BCUT2D eigenvalue weighted by atomic mass is 9.94. The first-order valence-electron chi connectivity index (χ1n) is 6.05.